The van der Waals surface area contributed by atoms with E-state index in [0.29, 0.717) is 18.8 Å². The summed E-state index contributed by atoms with van der Waals surface area (Å²) in [5.41, 5.74) is 2.79. The Balaban J connectivity index is 4.51. The lowest BCUT2D eigenvalue weighted by molar-refractivity contribution is -0.135. The van der Waals surface area contributed by atoms with Crippen LogP contribution in [0.15, 0.2) is 35.1 Å². The van der Waals surface area contributed by atoms with Crippen LogP contribution in [0.3, 0.4) is 0 Å². The maximum absolute atomic E-state index is 11.4. The maximum Gasteiger partial charge on any atom is 0.333 e. The molecule has 0 saturated heterocycles. The van der Waals surface area contributed by atoms with Gasteiger partial charge in [0.15, 0.2) is 0 Å². The zero-order valence-corrected chi connectivity index (χ0v) is 16.0. The Kier molecular flexibility index (Phi) is 10.4. The molecule has 0 aromatic carbocycles. The lowest BCUT2D eigenvalue weighted by atomic mass is 9.98. The minimum atomic E-state index is -0.363. The van der Waals surface area contributed by atoms with Gasteiger partial charge in [-0.1, -0.05) is 44.1 Å². The van der Waals surface area contributed by atoms with Crippen LogP contribution in [0.2, 0.25) is 0 Å². The summed E-state index contributed by atoms with van der Waals surface area (Å²) < 4.78 is 10.5. The number of hydrogen-bond donors (Lipinski definition) is 0. The second-order valence-corrected chi connectivity index (χ2v) is 7.39. The minimum Gasteiger partial charge on any atom is -0.497 e. The number of hydrogen-bond acceptors (Lipinski definition) is 3. The lowest BCUT2D eigenvalue weighted by Crippen LogP contribution is -2.15. The zero-order valence-electron chi connectivity index (χ0n) is 16.0. The molecule has 3 nitrogen and oxygen atoms in total. The Morgan fingerprint density at radius 1 is 1.00 bits per heavy atom. The first-order valence-electron chi connectivity index (χ1n) is 8.34. The topological polar surface area (TPSA) is 35.5 Å². The van der Waals surface area contributed by atoms with Gasteiger partial charge in [0.2, 0.25) is 0 Å². The van der Waals surface area contributed by atoms with Gasteiger partial charge in [0.1, 0.15) is 5.76 Å². The Morgan fingerprint density at radius 3 is 2.13 bits per heavy atom. The van der Waals surface area contributed by atoms with Crippen molar-refractivity contribution in [3.05, 3.63) is 35.1 Å². The highest BCUT2D eigenvalue weighted by atomic mass is 16.5. The van der Waals surface area contributed by atoms with Gasteiger partial charge in [-0.15, -0.1) is 0 Å². The second-order valence-electron chi connectivity index (χ2n) is 7.39. The summed E-state index contributed by atoms with van der Waals surface area (Å²) in [6, 6.07) is 0. The molecule has 132 valence electrons. The van der Waals surface area contributed by atoms with Crippen LogP contribution in [0.5, 0.6) is 0 Å². The quantitative estimate of drug-likeness (QED) is 0.241. The molecule has 0 aromatic heterocycles. The van der Waals surface area contributed by atoms with Crippen molar-refractivity contribution >= 4 is 5.97 Å². The fourth-order valence-electron chi connectivity index (χ4n) is 1.84. The van der Waals surface area contributed by atoms with Crippen LogP contribution in [0.4, 0.5) is 0 Å². The van der Waals surface area contributed by atoms with Crippen LogP contribution in [-0.2, 0) is 14.3 Å². The third-order valence-electron chi connectivity index (χ3n) is 3.15. The third-order valence-corrected chi connectivity index (χ3v) is 3.15. The van der Waals surface area contributed by atoms with Gasteiger partial charge >= 0.3 is 5.97 Å². The van der Waals surface area contributed by atoms with Gasteiger partial charge in [0, 0.05) is 6.42 Å². The van der Waals surface area contributed by atoms with Crippen LogP contribution < -0.4 is 0 Å². The maximum atomic E-state index is 11.4. The summed E-state index contributed by atoms with van der Waals surface area (Å²) >= 11 is 0. The Morgan fingerprint density at radius 2 is 1.61 bits per heavy atom. The number of allylic oxidation sites excluding steroid dienone is 5. The normalized spacial score (nSPS) is 12.8. The van der Waals surface area contributed by atoms with Crippen molar-refractivity contribution in [2.45, 2.75) is 67.2 Å². The molecule has 0 amide bonds. The van der Waals surface area contributed by atoms with Gasteiger partial charge in [-0.05, 0) is 45.4 Å². The molecule has 0 aliphatic rings. The fourth-order valence-corrected chi connectivity index (χ4v) is 1.84. The smallest absolute Gasteiger partial charge is 0.333 e. The SMILES string of the molecule is COC(=O)C=C(CCC=C(C)CCC=C(C)C)OCC(C)(C)C. The van der Waals surface area contributed by atoms with E-state index < -0.39 is 0 Å². The van der Waals surface area contributed by atoms with Crippen molar-refractivity contribution in [3.63, 3.8) is 0 Å². The molecule has 0 aliphatic heterocycles. The van der Waals surface area contributed by atoms with E-state index in [2.05, 4.69) is 53.7 Å². The van der Waals surface area contributed by atoms with Gasteiger partial charge in [0.25, 0.3) is 0 Å². The predicted octanol–water partition coefficient (Wildman–Crippen LogP) is 5.58. The number of ether oxygens (including phenoxy) is 2. The summed E-state index contributed by atoms with van der Waals surface area (Å²) in [5.74, 6) is 0.332. The van der Waals surface area contributed by atoms with E-state index in [9.17, 15) is 4.79 Å². The average molecular weight is 322 g/mol. The fraction of sp³-hybridized carbons (Fsp3) is 0.650. The van der Waals surface area contributed by atoms with Crippen LogP contribution in [0.25, 0.3) is 0 Å². The average Bonchev–Trinajstić information content (AvgIpc) is 2.43. The van der Waals surface area contributed by atoms with E-state index >= 15 is 0 Å². The summed E-state index contributed by atoms with van der Waals surface area (Å²) in [6.45, 7) is 13.3. The highest BCUT2D eigenvalue weighted by Gasteiger charge is 2.12. The summed E-state index contributed by atoms with van der Waals surface area (Å²) in [4.78, 5) is 11.4. The van der Waals surface area contributed by atoms with Crippen molar-refractivity contribution < 1.29 is 14.3 Å². The van der Waals surface area contributed by atoms with Crippen molar-refractivity contribution in [2.75, 3.05) is 13.7 Å². The van der Waals surface area contributed by atoms with E-state index in [0.717, 1.165) is 19.3 Å². The standard InChI is InChI=1S/C20H34O3/c1-16(2)10-8-11-17(3)12-9-13-18(14-19(21)22-7)23-15-20(4,5)6/h10,12,14H,8-9,11,13,15H2,1-7H3. The molecule has 0 bridgehead atoms. The van der Waals surface area contributed by atoms with E-state index in [1.54, 1.807) is 0 Å². The summed E-state index contributed by atoms with van der Waals surface area (Å²) in [7, 11) is 1.38. The van der Waals surface area contributed by atoms with E-state index in [4.69, 9.17) is 9.47 Å². The molecule has 0 atom stereocenters. The largest absolute Gasteiger partial charge is 0.497 e. The van der Waals surface area contributed by atoms with E-state index in [-0.39, 0.29) is 11.4 Å². The van der Waals surface area contributed by atoms with Crippen LogP contribution in [-0.4, -0.2) is 19.7 Å². The van der Waals surface area contributed by atoms with Crippen molar-refractivity contribution in [2.24, 2.45) is 5.41 Å². The summed E-state index contributed by atoms with van der Waals surface area (Å²) in [6.07, 6.45) is 9.67. The molecule has 0 N–H and O–H groups in total. The number of methoxy groups -OCH3 is 1. The molecule has 0 fully saturated rings. The lowest BCUT2D eigenvalue weighted by Gasteiger charge is -2.20. The molecule has 0 aliphatic carbocycles. The number of carbonyl (C=O) groups excluding carboxylic acids is 1. The molecule has 0 spiro atoms. The van der Waals surface area contributed by atoms with Gasteiger partial charge in [-0.3, -0.25) is 0 Å². The Hall–Kier alpha value is -1.51. The number of carbonyl (C=O) groups is 1. The third kappa shape index (κ3) is 13.8. The number of esters is 1. The van der Waals surface area contributed by atoms with E-state index in [1.807, 2.05) is 0 Å². The van der Waals surface area contributed by atoms with Gasteiger partial charge in [0.05, 0.1) is 19.8 Å². The van der Waals surface area contributed by atoms with Gasteiger partial charge in [-0.25, -0.2) is 4.79 Å². The van der Waals surface area contributed by atoms with Crippen LogP contribution in [0, 0.1) is 5.41 Å². The molecule has 3 heteroatoms. The molecule has 0 rings (SSSR count). The van der Waals surface area contributed by atoms with Crippen LogP contribution >= 0.6 is 0 Å². The minimum absolute atomic E-state index is 0.0608. The van der Waals surface area contributed by atoms with Crippen molar-refractivity contribution in [1.82, 2.24) is 0 Å². The van der Waals surface area contributed by atoms with Crippen LogP contribution in [0.1, 0.15) is 67.2 Å². The van der Waals surface area contributed by atoms with Crippen molar-refractivity contribution in [1.29, 1.82) is 0 Å². The first-order chi connectivity index (χ1) is 10.6. The zero-order chi connectivity index (χ0) is 17.9. The number of rotatable bonds is 9. The first kappa shape index (κ1) is 21.5. The highest BCUT2D eigenvalue weighted by Crippen LogP contribution is 2.18. The predicted molar refractivity (Wildman–Crippen MR) is 97.2 cm³/mol. The summed E-state index contributed by atoms with van der Waals surface area (Å²) in [5, 5.41) is 0. The Labute approximate surface area is 142 Å². The second kappa shape index (κ2) is 11.1. The Bertz CT molecular complexity index is 444. The molecule has 0 unspecified atom stereocenters. The monoisotopic (exact) mass is 322 g/mol. The molecule has 23 heavy (non-hydrogen) atoms. The van der Waals surface area contributed by atoms with Gasteiger partial charge in [-0.2, -0.15) is 0 Å². The first-order valence-corrected chi connectivity index (χ1v) is 8.34. The van der Waals surface area contributed by atoms with Crippen molar-refractivity contribution in [3.8, 4) is 0 Å². The molecule has 0 radical (unpaired) electrons. The highest BCUT2D eigenvalue weighted by molar-refractivity contribution is 5.82. The van der Waals surface area contributed by atoms with E-state index in [1.165, 1.54) is 24.3 Å². The molecular formula is C20H34O3. The molecule has 0 saturated carbocycles. The van der Waals surface area contributed by atoms with Gasteiger partial charge < -0.3 is 9.47 Å². The molecule has 0 aromatic rings. The molecule has 0 heterocycles. The molecular weight excluding hydrogens is 288 g/mol.